The zero-order valence-corrected chi connectivity index (χ0v) is 12.6. The summed E-state index contributed by atoms with van der Waals surface area (Å²) < 4.78 is 11.6. The van der Waals surface area contributed by atoms with E-state index in [4.69, 9.17) is 4.74 Å². The van der Waals surface area contributed by atoms with Crippen molar-refractivity contribution in [3.63, 3.8) is 0 Å². The van der Waals surface area contributed by atoms with Crippen LogP contribution >= 0.6 is 0 Å². The normalized spacial score (nSPS) is 10.3. The van der Waals surface area contributed by atoms with E-state index in [1.807, 2.05) is 10.8 Å². The second kappa shape index (κ2) is 10.9. The smallest absolute Gasteiger partial charge is 0.305 e. The summed E-state index contributed by atoms with van der Waals surface area (Å²) in [5.41, 5.74) is 0. The third-order valence-corrected chi connectivity index (χ3v) is 3.16. The van der Waals surface area contributed by atoms with Crippen LogP contribution in [-0.4, -0.2) is 35.2 Å². The van der Waals surface area contributed by atoms with Gasteiger partial charge in [-0.25, -0.2) is 4.98 Å². The molecule has 0 bridgehead atoms. The number of aromatic nitrogens is 2. The van der Waals surface area contributed by atoms with Gasteiger partial charge in [0.2, 0.25) is 0 Å². The van der Waals surface area contributed by atoms with Crippen LogP contribution < -0.4 is 0 Å². The number of carbonyl (C=O) groups is 2. The monoisotopic (exact) mass is 296 g/mol. The number of imidazole rings is 1. The van der Waals surface area contributed by atoms with Crippen molar-refractivity contribution < 1.29 is 19.1 Å². The minimum atomic E-state index is -0.156. The quantitative estimate of drug-likeness (QED) is 0.463. The maximum atomic E-state index is 11.5. The number of carbonyl (C=O) groups excluding carboxylic acids is 2. The van der Waals surface area contributed by atoms with Gasteiger partial charge in [-0.15, -0.1) is 0 Å². The van der Waals surface area contributed by atoms with Gasteiger partial charge in [0.1, 0.15) is 6.61 Å². The van der Waals surface area contributed by atoms with Gasteiger partial charge in [-0.2, -0.15) is 0 Å². The average Bonchev–Trinajstić information content (AvgIpc) is 2.99. The molecule has 21 heavy (non-hydrogen) atoms. The van der Waals surface area contributed by atoms with Crippen LogP contribution in [0.25, 0.3) is 0 Å². The molecule has 0 unspecified atom stereocenters. The van der Waals surface area contributed by atoms with E-state index in [0.29, 0.717) is 26.0 Å². The molecule has 0 fully saturated rings. The Morgan fingerprint density at radius 1 is 1.05 bits per heavy atom. The fourth-order valence-corrected chi connectivity index (χ4v) is 1.93. The summed E-state index contributed by atoms with van der Waals surface area (Å²) in [5.74, 6) is -0.304. The van der Waals surface area contributed by atoms with Crippen LogP contribution in [0.5, 0.6) is 0 Å². The lowest BCUT2D eigenvalue weighted by Gasteiger charge is -2.05. The van der Waals surface area contributed by atoms with E-state index in [0.717, 1.165) is 32.1 Å². The molecule has 0 aromatic carbocycles. The number of rotatable bonds is 11. The third-order valence-electron chi connectivity index (χ3n) is 3.16. The molecule has 1 aromatic rings. The number of methoxy groups -OCH3 is 1. The molecule has 1 heterocycles. The average molecular weight is 296 g/mol. The Balaban J connectivity index is 1.88. The predicted molar refractivity (Wildman–Crippen MR) is 77.5 cm³/mol. The molecule has 0 atom stereocenters. The lowest BCUT2D eigenvalue weighted by molar-refractivity contribution is -0.144. The Bertz CT molecular complexity index is 404. The van der Waals surface area contributed by atoms with E-state index >= 15 is 0 Å². The van der Waals surface area contributed by atoms with Crippen LogP contribution in [0.4, 0.5) is 0 Å². The van der Waals surface area contributed by atoms with Gasteiger partial charge < -0.3 is 14.0 Å². The number of unbranched alkanes of at least 4 members (excludes halogenated alkanes) is 4. The van der Waals surface area contributed by atoms with E-state index in [-0.39, 0.29) is 11.9 Å². The van der Waals surface area contributed by atoms with Crippen molar-refractivity contribution in [1.82, 2.24) is 9.55 Å². The first-order valence-corrected chi connectivity index (χ1v) is 7.40. The molecule has 1 aromatic heterocycles. The maximum Gasteiger partial charge on any atom is 0.305 e. The number of ether oxygens (including phenoxy) is 2. The highest BCUT2D eigenvalue weighted by molar-refractivity contribution is 5.69. The van der Waals surface area contributed by atoms with Gasteiger partial charge in [0.15, 0.2) is 0 Å². The molecular formula is C15H24N2O4. The number of nitrogens with zero attached hydrogens (tertiary/aromatic N) is 2. The van der Waals surface area contributed by atoms with Crippen molar-refractivity contribution in [1.29, 1.82) is 0 Å². The third kappa shape index (κ3) is 8.83. The summed E-state index contributed by atoms with van der Waals surface area (Å²) >= 11 is 0. The minimum Gasteiger partial charge on any atom is -0.469 e. The number of hydrogen-bond acceptors (Lipinski definition) is 5. The molecule has 1 rings (SSSR count). The Morgan fingerprint density at radius 3 is 2.33 bits per heavy atom. The highest BCUT2D eigenvalue weighted by atomic mass is 16.5. The van der Waals surface area contributed by atoms with Crippen molar-refractivity contribution in [2.75, 3.05) is 13.7 Å². The van der Waals surface area contributed by atoms with Crippen LogP contribution in [0.3, 0.4) is 0 Å². The largest absolute Gasteiger partial charge is 0.469 e. The molecule has 118 valence electrons. The second-order valence-electron chi connectivity index (χ2n) is 4.86. The standard InChI is InChI=1S/C15H24N2O4/c1-20-14(18)7-5-3-2-4-6-8-15(19)21-12-11-17-10-9-16-13-17/h9-10,13H,2-8,11-12H2,1H3. The van der Waals surface area contributed by atoms with E-state index in [1.54, 1.807) is 12.5 Å². The van der Waals surface area contributed by atoms with Gasteiger partial charge >= 0.3 is 11.9 Å². The molecule has 0 aliphatic carbocycles. The molecular weight excluding hydrogens is 272 g/mol. The SMILES string of the molecule is COC(=O)CCCCCCCC(=O)OCCn1ccnc1. The number of esters is 2. The number of hydrogen-bond donors (Lipinski definition) is 0. The van der Waals surface area contributed by atoms with Gasteiger partial charge in [-0.1, -0.05) is 19.3 Å². The Kier molecular flexibility index (Phi) is 8.91. The van der Waals surface area contributed by atoms with Gasteiger partial charge in [0, 0.05) is 25.2 Å². The molecule has 0 aliphatic heterocycles. The van der Waals surface area contributed by atoms with Crippen molar-refractivity contribution in [3.8, 4) is 0 Å². The fraction of sp³-hybridized carbons (Fsp3) is 0.667. The van der Waals surface area contributed by atoms with Crippen LogP contribution in [0, 0.1) is 0 Å². The first-order valence-electron chi connectivity index (χ1n) is 7.40. The second-order valence-corrected chi connectivity index (χ2v) is 4.86. The topological polar surface area (TPSA) is 70.4 Å². The summed E-state index contributed by atoms with van der Waals surface area (Å²) in [6.07, 6.45) is 10.9. The molecule has 6 nitrogen and oxygen atoms in total. The van der Waals surface area contributed by atoms with Gasteiger partial charge in [-0.05, 0) is 12.8 Å². The Hall–Kier alpha value is -1.85. The fourth-order valence-electron chi connectivity index (χ4n) is 1.93. The van der Waals surface area contributed by atoms with Crippen LogP contribution in [-0.2, 0) is 25.6 Å². The summed E-state index contributed by atoms with van der Waals surface area (Å²) in [6.45, 7) is 1.02. The lowest BCUT2D eigenvalue weighted by atomic mass is 10.1. The van der Waals surface area contributed by atoms with E-state index < -0.39 is 0 Å². The van der Waals surface area contributed by atoms with Crippen LogP contribution in [0.15, 0.2) is 18.7 Å². The van der Waals surface area contributed by atoms with E-state index in [2.05, 4.69) is 9.72 Å². The van der Waals surface area contributed by atoms with Crippen molar-refractivity contribution in [2.45, 2.75) is 51.5 Å². The molecule has 0 saturated heterocycles. The molecule has 0 saturated carbocycles. The molecule has 0 amide bonds. The first-order chi connectivity index (χ1) is 10.2. The predicted octanol–water partition coefficient (Wildman–Crippen LogP) is 2.33. The molecule has 0 radical (unpaired) electrons. The molecule has 0 N–H and O–H groups in total. The van der Waals surface area contributed by atoms with Crippen molar-refractivity contribution in [2.24, 2.45) is 0 Å². The van der Waals surface area contributed by atoms with Crippen LogP contribution in [0.2, 0.25) is 0 Å². The van der Waals surface area contributed by atoms with Crippen LogP contribution in [0.1, 0.15) is 44.9 Å². The molecule has 6 heteroatoms. The van der Waals surface area contributed by atoms with Gasteiger partial charge in [-0.3, -0.25) is 9.59 Å². The molecule has 0 spiro atoms. The maximum absolute atomic E-state index is 11.5. The summed E-state index contributed by atoms with van der Waals surface area (Å²) in [7, 11) is 1.40. The summed E-state index contributed by atoms with van der Waals surface area (Å²) in [5, 5.41) is 0. The Labute approximate surface area is 125 Å². The lowest BCUT2D eigenvalue weighted by Crippen LogP contribution is -2.10. The summed E-state index contributed by atoms with van der Waals surface area (Å²) in [4.78, 5) is 26.3. The molecule has 0 aliphatic rings. The minimum absolute atomic E-state index is 0.148. The van der Waals surface area contributed by atoms with Gasteiger partial charge in [0.05, 0.1) is 20.0 Å². The highest BCUT2D eigenvalue weighted by Crippen LogP contribution is 2.08. The highest BCUT2D eigenvalue weighted by Gasteiger charge is 2.03. The zero-order valence-electron chi connectivity index (χ0n) is 12.6. The Morgan fingerprint density at radius 2 is 1.71 bits per heavy atom. The van der Waals surface area contributed by atoms with Gasteiger partial charge in [0.25, 0.3) is 0 Å². The van der Waals surface area contributed by atoms with E-state index in [1.165, 1.54) is 7.11 Å². The van der Waals surface area contributed by atoms with Crippen molar-refractivity contribution >= 4 is 11.9 Å². The van der Waals surface area contributed by atoms with E-state index in [9.17, 15) is 9.59 Å². The first kappa shape index (κ1) is 17.2. The van der Waals surface area contributed by atoms with Crippen molar-refractivity contribution in [3.05, 3.63) is 18.7 Å². The summed E-state index contributed by atoms with van der Waals surface area (Å²) in [6, 6.07) is 0. The zero-order chi connectivity index (χ0) is 15.3.